The maximum atomic E-state index is 13.3. The van der Waals surface area contributed by atoms with Gasteiger partial charge in [-0.3, -0.25) is 9.69 Å². The number of nitrogens with one attached hydrogen (secondary N) is 1. The summed E-state index contributed by atoms with van der Waals surface area (Å²) in [6, 6.07) is -1.21. The molecule has 0 aromatic rings. The average molecular weight is 448 g/mol. The van der Waals surface area contributed by atoms with E-state index >= 15 is 0 Å². The van der Waals surface area contributed by atoms with Crippen molar-refractivity contribution >= 4 is 17.7 Å². The second-order valence-electron chi connectivity index (χ2n) is 9.62. The molecular weight excluding hydrogens is 406 g/mol. The van der Waals surface area contributed by atoms with Crippen LogP contribution in [-0.2, 0) is 9.53 Å². The van der Waals surface area contributed by atoms with Crippen molar-refractivity contribution in [1.29, 1.82) is 0 Å². The summed E-state index contributed by atoms with van der Waals surface area (Å²) >= 11 is 1.25. The molecule has 6 unspecified atom stereocenters. The molecule has 9 atom stereocenters. The first-order chi connectivity index (χ1) is 13.9. The molecule has 0 spiro atoms. The molecule has 0 saturated carbocycles. The van der Waals surface area contributed by atoms with Crippen LogP contribution >= 0.6 is 11.8 Å². The van der Waals surface area contributed by atoms with Crippen LogP contribution in [0.5, 0.6) is 0 Å². The SMILES string of the molecule is CCC[C@@H]1C[C@@H](C(=O)N[C@@H](C2OC(SC)C(O)C(O)C2O)C(C)(C)C(C)N)N(C)C1. The van der Waals surface area contributed by atoms with Gasteiger partial charge < -0.3 is 31.1 Å². The Morgan fingerprint density at radius 2 is 1.93 bits per heavy atom. The third kappa shape index (κ3) is 5.31. The van der Waals surface area contributed by atoms with Crippen LogP contribution < -0.4 is 11.1 Å². The molecule has 0 aromatic heterocycles. The highest BCUT2D eigenvalue weighted by atomic mass is 32.2. The summed E-state index contributed by atoms with van der Waals surface area (Å²) in [5.41, 5.74) is 4.91. The zero-order valence-electron chi connectivity index (χ0n) is 19.1. The van der Waals surface area contributed by atoms with Crippen molar-refractivity contribution in [3.8, 4) is 0 Å². The average Bonchev–Trinajstić information content (AvgIpc) is 3.05. The monoisotopic (exact) mass is 447 g/mol. The molecule has 0 bridgehead atoms. The summed E-state index contributed by atoms with van der Waals surface area (Å²) in [6.45, 7) is 8.73. The van der Waals surface area contributed by atoms with Crippen molar-refractivity contribution in [1.82, 2.24) is 10.2 Å². The van der Waals surface area contributed by atoms with Crippen LogP contribution in [0.2, 0.25) is 0 Å². The predicted molar refractivity (Wildman–Crippen MR) is 119 cm³/mol. The van der Waals surface area contributed by atoms with E-state index in [2.05, 4.69) is 17.1 Å². The Balaban J connectivity index is 2.27. The fourth-order valence-electron chi connectivity index (χ4n) is 4.60. The van der Waals surface area contributed by atoms with Gasteiger partial charge in [-0.25, -0.2) is 0 Å². The standard InChI is InChI=1S/C21H41N3O5S/c1-7-8-12-9-13(24(5)10-12)19(28)23-18(21(3,4)11(2)22)17-15(26)14(25)16(27)20(29-17)30-6/h11-18,20,25-27H,7-10,22H2,1-6H3,(H,23,28)/t11?,12-,13+,14?,15?,16?,17?,18+,20?/m1/s1. The number of likely N-dealkylation sites (N-methyl/N-ethyl adjacent to an activating group) is 1. The van der Waals surface area contributed by atoms with E-state index in [4.69, 9.17) is 10.5 Å². The number of amides is 1. The molecule has 0 aromatic carbocycles. The number of thioether (sulfide) groups is 1. The van der Waals surface area contributed by atoms with Crippen molar-refractivity contribution < 1.29 is 24.9 Å². The lowest BCUT2D eigenvalue weighted by molar-refractivity contribution is -0.213. The predicted octanol–water partition coefficient (Wildman–Crippen LogP) is 0.136. The molecule has 2 fully saturated rings. The van der Waals surface area contributed by atoms with E-state index in [-0.39, 0.29) is 18.0 Å². The van der Waals surface area contributed by atoms with Gasteiger partial charge in [0, 0.05) is 18.0 Å². The van der Waals surface area contributed by atoms with Crippen molar-refractivity contribution in [3.63, 3.8) is 0 Å². The Kier molecular flexibility index (Phi) is 9.01. The molecule has 176 valence electrons. The van der Waals surface area contributed by atoms with Gasteiger partial charge in [-0.15, -0.1) is 11.8 Å². The lowest BCUT2D eigenvalue weighted by atomic mass is 9.73. The molecule has 8 nitrogen and oxygen atoms in total. The molecule has 2 aliphatic heterocycles. The number of hydrogen-bond acceptors (Lipinski definition) is 8. The van der Waals surface area contributed by atoms with Gasteiger partial charge in [0.1, 0.15) is 29.9 Å². The Hall–Kier alpha value is -0.420. The van der Waals surface area contributed by atoms with E-state index in [1.165, 1.54) is 11.8 Å². The fourth-order valence-corrected chi connectivity index (χ4v) is 5.28. The summed E-state index contributed by atoms with van der Waals surface area (Å²) in [5, 5.41) is 34.5. The second-order valence-corrected chi connectivity index (χ2v) is 10.6. The second kappa shape index (κ2) is 10.5. The molecule has 6 N–H and O–H groups in total. The van der Waals surface area contributed by atoms with Crippen LogP contribution in [-0.4, -0.2) is 94.0 Å². The number of rotatable bonds is 8. The minimum atomic E-state index is -1.37. The smallest absolute Gasteiger partial charge is 0.237 e. The molecular formula is C21H41N3O5S. The maximum absolute atomic E-state index is 13.3. The van der Waals surface area contributed by atoms with Crippen molar-refractivity contribution in [2.24, 2.45) is 17.1 Å². The highest BCUT2D eigenvalue weighted by Gasteiger charge is 2.52. The molecule has 9 heteroatoms. The number of likely N-dealkylation sites (tertiary alicyclic amines) is 1. The van der Waals surface area contributed by atoms with E-state index in [0.717, 1.165) is 25.8 Å². The lowest BCUT2D eigenvalue weighted by Crippen LogP contribution is -2.68. The number of aliphatic hydroxyl groups is 3. The van der Waals surface area contributed by atoms with Gasteiger partial charge in [0.25, 0.3) is 0 Å². The van der Waals surface area contributed by atoms with Crippen molar-refractivity contribution in [2.45, 2.75) is 94.9 Å². The number of ether oxygens (including phenoxy) is 1. The first kappa shape index (κ1) is 25.8. The van der Waals surface area contributed by atoms with E-state index < -0.39 is 41.3 Å². The molecule has 2 saturated heterocycles. The molecule has 1 amide bonds. The molecule has 30 heavy (non-hydrogen) atoms. The van der Waals surface area contributed by atoms with Crippen LogP contribution in [0.4, 0.5) is 0 Å². The molecule has 0 radical (unpaired) electrons. The Labute approximate surface area is 184 Å². The van der Waals surface area contributed by atoms with E-state index in [0.29, 0.717) is 5.92 Å². The minimum absolute atomic E-state index is 0.119. The molecule has 2 rings (SSSR count). The highest BCUT2D eigenvalue weighted by molar-refractivity contribution is 7.99. The number of aliphatic hydroxyl groups excluding tert-OH is 3. The quantitative estimate of drug-likeness (QED) is 0.355. The van der Waals surface area contributed by atoms with Gasteiger partial charge in [0.2, 0.25) is 5.91 Å². The zero-order valence-corrected chi connectivity index (χ0v) is 19.9. The third-order valence-electron chi connectivity index (χ3n) is 7.07. The first-order valence-electron chi connectivity index (χ1n) is 10.9. The first-order valence-corrected chi connectivity index (χ1v) is 12.2. The fraction of sp³-hybridized carbons (Fsp3) is 0.952. The molecule has 2 heterocycles. The Morgan fingerprint density at radius 3 is 2.47 bits per heavy atom. The number of nitrogens with zero attached hydrogens (tertiary/aromatic N) is 1. The number of hydrogen-bond donors (Lipinski definition) is 5. The summed E-state index contributed by atoms with van der Waals surface area (Å²) in [6.07, 6.45) is -0.0850. The van der Waals surface area contributed by atoms with Crippen LogP contribution in [0.25, 0.3) is 0 Å². The summed E-state index contributed by atoms with van der Waals surface area (Å²) < 4.78 is 6.00. The van der Waals surface area contributed by atoms with Crippen LogP contribution in [0.3, 0.4) is 0 Å². The van der Waals surface area contributed by atoms with Gasteiger partial charge in [-0.2, -0.15) is 0 Å². The van der Waals surface area contributed by atoms with Gasteiger partial charge >= 0.3 is 0 Å². The number of nitrogens with two attached hydrogens (primary N) is 1. The highest BCUT2D eigenvalue weighted by Crippen LogP contribution is 2.36. The lowest BCUT2D eigenvalue weighted by Gasteiger charge is -2.49. The van der Waals surface area contributed by atoms with Crippen LogP contribution in [0.15, 0.2) is 0 Å². The van der Waals surface area contributed by atoms with Gasteiger partial charge in [-0.05, 0) is 39.0 Å². The van der Waals surface area contributed by atoms with Gasteiger partial charge in [0.05, 0.1) is 12.1 Å². The van der Waals surface area contributed by atoms with E-state index in [1.807, 2.05) is 27.8 Å². The third-order valence-corrected chi connectivity index (χ3v) is 7.93. The molecule has 2 aliphatic rings. The van der Waals surface area contributed by atoms with Crippen molar-refractivity contribution in [3.05, 3.63) is 0 Å². The number of carbonyl (C=O) groups excluding carboxylic acids is 1. The van der Waals surface area contributed by atoms with Crippen molar-refractivity contribution in [2.75, 3.05) is 19.8 Å². The summed E-state index contributed by atoms with van der Waals surface area (Å²) in [5.74, 6) is 0.372. The summed E-state index contributed by atoms with van der Waals surface area (Å²) in [7, 11) is 1.96. The largest absolute Gasteiger partial charge is 0.388 e. The molecule has 0 aliphatic carbocycles. The summed E-state index contributed by atoms with van der Waals surface area (Å²) in [4.78, 5) is 15.4. The Morgan fingerprint density at radius 1 is 1.30 bits per heavy atom. The Bertz CT molecular complexity index is 577. The van der Waals surface area contributed by atoms with E-state index in [1.54, 1.807) is 6.26 Å². The maximum Gasteiger partial charge on any atom is 0.237 e. The van der Waals surface area contributed by atoms with Gasteiger partial charge in [0.15, 0.2) is 0 Å². The number of carbonyl (C=O) groups is 1. The van der Waals surface area contributed by atoms with Crippen LogP contribution in [0.1, 0.15) is 47.0 Å². The zero-order chi connectivity index (χ0) is 22.8. The van der Waals surface area contributed by atoms with Gasteiger partial charge in [-0.1, -0.05) is 27.2 Å². The normalized spacial score (nSPS) is 37.7. The topological polar surface area (TPSA) is 128 Å². The van der Waals surface area contributed by atoms with E-state index in [9.17, 15) is 20.1 Å². The minimum Gasteiger partial charge on any atom is -0.388 e. The van der Waals surface area contributed by atoms with Crippen LogP contribution in [0, 0.1) is 11.3 Å².